The van der Waals surface area contributed by atoms with Gasteiger partial charge in [-0.1, -0.05) is 30.0 Å². The number of aryl methyl sites for hydroxylation is 1. The zero-order chi connectivity index (χ0) is 20.2. The second kappa shape index (κ2) is 8.60. The van der Waals surface area contributed by atoms with Crippen molar-refractivity contribution in [2.75, 3.05) is 36.8 Å². The van der Waals surface area contributed by atoms with Crippen LogP contribution in [0.3, 0.4) is 0 Å². The Bertz CT molecular complexity index is 985. The smallest absolute Gasteiger partial charge is 0.233 e. The molecule has 0 N–H and O–H groups in total. The summed E-state index contributed by atoms with van der Waals surface area (Å²) < 4.78 is 14.8. The number of hydrogen-bond acceptors (Lipinski definition) is 6. The van der Waals surface area contributed by atoms with Gasteiger partial charge in [0.15, 0.2) is 0 Å². The van der Waals surface area contributed by atoms with E-state index in [1.807, 2.05) is 36.1 Å². The van der Waals surface area contributed by atoms with E-state index in [-0.39, 0.29) is 17.5 Å². The highest BCUT2D eigenvalue weighted by atomic mass is 32.2. The SMILES string of the molecule is Cc1ccccc1-n1nnnc1SCC(=O)N1CCN(c2ccc(F)cc2)CC1. The third-order valence-electron chi connectivity index (χ3n) is 4.93. The highest BCUT2D eigenvalue weighted by Crippen LogP contribution is 2.22. The molecule has 1 aliphatic rings. The molecule has 0 saturated carbocycles. The molecule has 2 heterocycles. The van der Waals surface area contributed by atoms with Crippen molar-refractivity contribution in [3.8, 4) is 5.69 Å². The first kappa shape index (κ1) is 19.4. The Morgan fingerprint density at radius 3 is 2.52 bits per heavy atom. The molecule has 150 valence electrons. The van der Waals surface area contributed by atoms with Crippen LogP contribution in [0, 0.1) is 12.7 Å². The lowest BCUT2D eigenvalue weighted by Gasteiger charge is -2.36. The van der Waals surface area contributed by atoms with Crippen molar-refractivity contribution in [1.82, 2.24) is 25.1 Å². The van der Waals surface area contributed by atoms with Crippen molar-refractivity contribution in [1.29, 1.82) is 0 Å². The standard InChI is InChI=1S/C20H21FN6OS/c1-15-4-2-3-5-18(15)27-20(22-23-24-27)29-14-19(28)26-12-10-25(11-13-26)17-8-6-16(21)7-9-17/h2-9H,10-14H2,1H3. The molecule has 2 aromatic carbocycles. The van der Waals surface area contributed by atoms with Gasteiger partial charge in [-0.2, -0.15) is 4.68 Å². The van der Waals surface area contributed by atoms with Gasteiger partial charge in [-0.15, -0.1) is 5.10 Å². The zero-order valence-corrected chi connectivity index (χ0v) is 16.8. The number of nitrogens with zero attached hydrogens (tertiary/aromatic N) is 6. The molecule has 0 unspecified atom stereocenters. The number of para-hydroxylation sites is 1. The molecule has 1 saturated heterocycles. The van der Waals surface area contributed by atoms with Crippen molar-refractivity contribution in [2.45, 2.75) is 12.1 Å². The Kier molecular flexibility index (Phi) is 5.75. The monoisotopic (exact) mass is 412 g/mol. The number of halogens is 1. The van der Waals surface area contributed by atoms with E-state index < -0.39 is 0 Å². The number of thioether (sulfide) groups is 1. The van der Waals surface area contributed by atoms with E-state index in [0.29, 0.717) is 18.2 Å². The fraction of sp³-hybridized carbons (Fsp3) is 0.300. The van der Waals surface area contributed by atoms with Gasteiger partial charge in [-0.05, 0) is 53.2 Å². The van der Waals surface area contributed by atoms with Gasteiger partial charge in [0.2, 0.25) is 11.1 Å². The van der Waals surface area contributed by atoms with Crippen molar-refractivity contribution < 1.29 is 9.18 Å². The third kappa shape index (κ3) is 4.40. The molecule has 0 aliphatic carbocycles. The van der Waals surface area contributed by atoms with Gasteiger partial charge < -0.3 is 9.80 Å². The molecule has 1 amide bonds. The molecule has 0 spiro atoms. The van der Waals surface area contributed by atoms with Crippen LogP contribution in [0.2, 0.25) is 0 Å². The second-order valence-corrected chi connectivity index (χ2v) is 7.74. The number of benzene rings is 2. The number of aromatic nitrogens is 4. The highest BCUT2D eigenvalue weighted by molar-refractivity contribution is 7.99. The van der Waals surface area contributed by atoms with Crippen molar-refractivity contribution in [3.05, 3.63) is 59.9 Å². The molecule has 0 bridgehead atoms. The number of rotatable bonds is 5. The minimum Gasteiger partial charge on any atom is -0.368 e. The fourth-order valence-electron chi connectivity index (χ4n) is 3.30. The zero-order valence-electron chi connectivity index (χ0n) is 16.0. The fourth-order valence-corrected chi connectivity index (χ4v) is 4.09. The minimum atomic E-state index is -0.243. The Hall–Kier alpha value is -2.94. The summed E-state index contributed by atoms with van der Waals surface area (Å²) in [4.78, 5) is 16.7. The van der Waals surface area contributed by atoms with Gasteiger partial charge in [0, 0.05) is 31.9 Å². The molecular weight excluding hydrogens is 391 g/mol. The first-order valence-electron chi connectivity index (χ1n) is 9.37. The lowest BCUT2D eigenvalue weighted by Crippen LogP contribution is -2.49. The minimum absolute atomic E-state index is 0.0630. The summed E-state index contributed by atoms with van der Waals surface area (Å²) >= 11 is 1.34. The van der Waals surface area contributed by atoms with E-state index in [4.69, 9.17) is 0 Å². The number of amides is 1. The Balaban J connectivity index is 1.33. The highest BCUT2D eigenvalue weighted by Gasteiger charge is 2.22. The van der Waals surface area contributed by atoms with Gasteiger partial charge in [0.05, 0.1) is 11.4 Å². The van der Waals surface area contributed by atoms with Crippen LogP contribution in [-0.2, 0) is 4.79 Å². The van der Waals surface area contributed by atoms with Crippen molar-refractivity contribution >= 4 is 23.4 Å². The molecule has 3 aromatic rings. The predicted octanol–water partition coefficient (Wildman–Crippen LogP) is 2.55. The van der Waals surface area contributed by atoms with Crippen molar-refractivity contribution in [2.24, 2.45) is 0 Å². The Labute approximate surface area is 172 Å². The topological polar surface area (TPSA) is 67.2 Å². The molecule has 7 nitrogen and oxygen atoms in total. The molecule has 0 radical (unpaired) electrons. The molecule has 1 aromatic heterocycles. The number of anilines is 1. The number of tetrazole rings is 1. The number of hydrogen-bond donors (Lipinski definition) is 0. The van der Waals surface area contributed by atoms with Crippen LogP contribution >= 0.6 is 11.8 Å². The van der Waals surface area contributed by atoms with Crippen LogP contribution in [0.25, 0.3) is 5.69 Å². The summed E-state index contributed by atoms with van der Waals surface area (Å²) in [6, 6.07) is 14.3. The molecule has 1 fully saturated rings. The molecule has 1 aliphatic heterocycles. The van der Waals surface area contributed by atoms with Crippen LogP contribution in [0.4, 0.5) is 10.1 Å². The van der Waals surface area contributed by atoms with E-state index in [1.54, 1.807) is 16.8 Å². The van der Waals surface area contributed by atoms with E-state index in [2.05, 4.69) is 20.4 Å². The average molecular weight is 412 g/mol. The summed E-state index contributed by atoms with van der Waals surface area (Å²) in [6.07, 6.45) is 0. The molecule has 0 atom stereocenters. The summed E-state index contributed by atoms with van der Waals surface area (Å²) in [5.74, 6) is 0.101. The van der Waals surface area contributed by atoms with Crippen LogP contribution in [0.15, 0.2) is 53.7 Å². The first-order valence-corrected chi connectivity index (χ1v) is 10.4. The van der Waals surface area contributed by atoms with Gasteiger partial charge >= 0.3 is 0 Å². The molecule has 9 heteroatoms. The van der Waals surface area contributed by atoms with Gasteiger partial charge in [0.25, 0.3) is 0 Å². The second-order valence-electron chi connectivity index (χ2n) is 6.79. The lowest BCUT2D eigenvalue weighted by molar-refractivity contribution is -0.128. The quantitative estimate of drug-likeness (QED) is 0.600. The molecule has 4 rings (SSSR count). The molecular formula is C20H21FN6OS. The van der Waals surface area contributed by atoms with Crippen LogP contribution in [-0.4, -0.2) is 62.9 Å². The van der Waals surface area contributed by atoms with Gasteiger partial charge in [-0.25, -0.2) is 4.39 Å². The average Bonchev–Trinajstić information content (AvgIpc) is 3.21. The summed E-state index contributed by atoms with van der Waals surface area (Å²) in [5, 5.41) is 12.5. The van der Waals surface area contributed by atoms with Crippen LogP contribution in [0.1, 0.15) is 5.56 Å². The number of piperazine rings is 1. The van der Waals surface area contributed by atoms with E-state index in [9.17, 15) is 9.18 Å². The maximum Gasteiger partial charge on any atom is 0.233 e. The summed E-state index contributed by atoms with van der Waals surface area (Å²) in [7, 11) is 0. The third-order valence-corrected chi connectivity index (χ3v) is 5.84. The van der Waals surface area contributed by atoms with Crippen LogP contribution in [0.5, 0.6) is 0 Å². The summed E-state index contributed by atoms with van der Waals surface area (Å²) in [5.41, 5.74) is 2.94. The van der Waals surface area contributed by atoms with E-state index in [0.717, 1.165) is 30.0 Å². The Morgan fingerprint density at radius 1 is 1.07 bits per heavy atom. The number of carbonyl (C=O) groups excluding carboxylic acids is 1. The predicted molar refractivity (Wildman–Crippen MR) is 110 cm³/mol. The number of carbonyl (C=O) groups is 1. The maximum absolute atomic E-state index is 13.1. The first-order chi connectivity index (χ1) is 14.1. The van der Waals surface area contributed by atoms with Crippen LogP contribution < -0.4 is 4.90 Å². The largest absolute Gasteiger partial charge is 0.368 e. The normalized spacial score (nSPS) is 14.3. The van der Waals surface area contributed by atoms with E-state index in [1.165, 1.54) is 23.9 Å². The van der Waals surface area contributed by atoms with Gasteiger partial charge in [0.1, 0.15) is 5.82 Å². The Morgan fingerprint density at radius 2 is 1.79 bits per heavy atom. The van der Waals surface area contributed by atoms with Crippen molar-refractivity contribution in [3.63, 3.8) is 0 Å². The lowest BCUT2D eigenvalue weighted by atomic mass is 10.2. The maximum atomic E-state index is 13.1. The van der Waals surface area contributed by atoms with E-state index >= 15 is 0 Å². The summed E-state index contributed by atoms with van der Waals surface area (Å²) in [6.45, 7) is 4.72. The van der Waals surface area contributed by atoms with Gasteiger partial charge in [-0.3, -0.25) is 4.79 Å². The molecule has 29 heavy (non-hydrogen) atoms.